The maximum atomic E-state index is 12.6. The normalized spacial score (nSPS) is 13.2. The molecule has 170 valence electrons. The summed E-state index contributed by atoms with van der Waals surface area (Å²) in [4.78, 5) is 24.2. The molecule has 0 spiro atoms. The zero-order valence-corrected chi connectivity index (χ0v) is 19.4. The van der Waals surface area contributed by atoms with Crippen molar-refractivity contribution in [3.05, 3.63) is 56.9 Å². The molecule has 0 saturated heterocycles. The number of rotatable bonds is 5. The standard InChI is InChI=1S/C25H30N2O5/c1-7-24(2,3)27-13-17-10-16(8-9-25(4,5)31)18(15-32-6)11-19(17)21-12-22(28)20(23(29)30)14-26(21)27/h10-12,14,31H,7,13,15H2,1-6H3,(H,29,30). The fourth-order valence-corrected chi connectivity index (χ4v) is 3.68. The summed E-state index contributed by atoms with van der Waals surface area (Å²) in [5.74, 6) is 4.68. The molecule has 1 aliphatic rings. The highest BCUT2D eigenvalue weighted by Gasteiger charge is 2.32. The zero-order chi connectivity index (χ0) is 23.8. The van der Waals surface area contributed by atoms with Crippen molar-refractivity contribution in [2.75, 3.05) is 12.1 Å². The Morgan fingerprint density at radius 3 is 2.47 bits per heavy atom. The lowest BCUT2D eigenvalue weighted by atomic mass is 9.92. The highest BCUT2D eigenvalue weighted by molar-refractivity contribution is 5.88. The molecule has 0 atom stereocenters. The molecule has 32 heavy (non-hydrogen) atoms. The van der Waals surface area contributed by atoms with Crippen molar-refractivity contribution in [2.24, 2.45) is 0 Å². The molecule has 3 rings (SSSR count). The van der Waals surface area contributed by atoms with E-state index in [1.807, 2.05) is 12.1 Å². The number of benzene rings is 1. The first-order valence-corrected chi connectivity index (χ1v) is 10.6. The molecule has 1 aliphatic heterocycles. The summed E-state index contributed by atoms with van der Waals surface area (Å²) in [5, 5.41) is 21.6. The van der Waals surface area contributed by atoms with E-state index >= 15 is 0 Å². The Morgan fingerprint density at radius 2 is 1.91 bits per heavy atom. The van der Waals surface area contributed by atoms with Crippen LogP contribution in [0.5, 0.6) is 0 Å². The highest BCUT2D eigenvalue weighted by Crippen LogP contribution is 2.35. The van der Waals surface area contributed by atoms with Gasteiger partial charge in [0.25, 0.3) is 0 Å². The van der Waals surface area contributed by atoms with Gasteiger partial charge in [0, 0.05) is 30.5 Å². The van der Waals surface area contributed by atoms with Crippen LogP contribution in [0.3, 0.4) is 0 Å². The van der Waals surface area contributed by atoms with Crippen molar-refractivity contribution >= 4 is 5.97 Å². The Bertz CT molecular complexity index is 1180. The Kier molecular flexibility index (Phi) is 6.23. The molecule has 0 unspecified atom stereocenters. The number of ether oxygens (including phenoxy) is 1. The molecule has 0 amide bonds. The molecule has 2 heterocycles. The number of carboxylic acids is 1. The van der Waals surface area contributed by atoms with Gasteiger partial charge >= 0.3 is 5.97 Å². The van der Waals surface area contributed by atoms with Gasteiger partial charge in [0.1, 0.15) is 11.2 Å². The van der Waals surface area contributed by atoms with E-state index in [2.05, 4.69) is 37.6 Å². The smallest absolute Gasteiger partial charge is 0.341 e. The van der Waals surface area contributed by atoms with E-state index < -0.39 is 17.0 Å². The lowest BCUT2D eigenvalue weighted by Gasteiger charge is -2.45. The van der Waals surface area contributed by atoms with Crippen LogP contribution < -0.4 is 10.4 Å². The predicted molar refractivity (Wildman–Crippen MR) is 123 cm³/mol. The topological polar surface area (TPSA) is 92.0 Å². The van der Waals surface area contributed by atoms with E-state index in [1.54, 1.807) is 25.6 Å². The Labute approximate surface area is 188 Å². The van der Waals surface area contributed by atoms with E-state index in [-0.39, 0.29) is 11.1 Å². The maximum Gasteiger partial charge on any atom is 0.341 e. The minimum absolute atomic E-state index is 0.265. The zero-order valence-electron chi connectivity index (χ0n) is 19.4. The third-order valence-corrected chi connectivity index (χ3v) is 5.81. The number of aromatic carboxylic acids is 1. The van der Waals surface area contributed by atoms with Gasteiger partial charge in [-0.1, -0.05) is 18.8 Å². The third-order valence-electron chi connectivity index (χ3n) is 5.81. The van der Waals surface area contributed by atoms with Crippen LogP contribution in [0.25, 0.3) is 11.3 Å². The van der Waals surface area contributed by atoms with Crippen molar-refractivity contribution in [1.29, 1.82) is 0 Å². The summed E-state index contributed by atoms with van der Waals surface area (Å²) in [5.41, 5.74) is 1.76. The third kappa shape index (κ3) is 4.57. The Morgan fingerprint density at radius 1 is 1.22 bits per heavy atom. The minimum atomic E-state index is -1.25. The van der Waals surface area contributed by atoms with Gasteiger partial charge in [-0.2, -0.15) is 0 Å². The van der Waals surface area contributed by atoms with Gasteiger partial charge < -0.3 is 20.0 Å². The first-order valence-electron chi connectivity index (χ1n) is 10.6. The highest BCUT2D eigenvalue weighted by atomic mass is 16.5. The first kappa shape index (κ1) is 23.6. The lowest BCUT2D eigenvalue weighted by Crippen LogP contribution is -2.52. The summed E-state index contributed by atoms with van der Waals surface area (Å²) in [6.07, 6.45) is 2.22. The fourth-order valence-electron chi connectivity index (χ4n) is 3.68. The molecule has 0 bridgehead atoms. The molecule has 7 nitrogen and oxygen atoms in total. The maximum absolute atomic E-state index is 12.6. The van der Waals surface area contributed by atoms with Gasteiger partial charge in [0.05, 0.1) is 24.4 Å². The predicted octanol–water partition coefficient (Wildman–Crippen LogP) is 3.12. The summed E-state index contributed by atoms with van der Waals surface area (Å²) in [7, 11) is 1.59. The van der Waals surface area contributed by atoms with Crippen molar-refractivity contribution in [1.82, 2.24) is 4.68 Å². The van der Waals surface area contributed by atoms with Crippen LogP contribution in [0.2, 0.25) is 0 Å². The van der Waals surface area contributed by atoms with Crippen molar-refractivity contribution in [3.63, 3.8) is 0 Å². The molecule has 0 radical (unpaired) electrons. The van der Waals surface area contributed by atoms with Crippen LogP contribution in [0.15, 0.2) is 29.2 Å². The Hall–Kier alpha value is -3.08. The Balaban J connectivity index is 2.31. The molecule has 2 aromatic rings. The molecule has 1 aromatic heterocycles. The number of carbonyl (C=O) groups is 1. The molecular formula is C25H30N2O5. The summed E-state index contributed by atoms with van der Waals surface area (Å²) in [6, 6.07) is 5.30. The van der Waals surface area contributed by atoms with Crippen molar-refractivity contribution in [2.45, 2.75) is 65.3 Å². The second-order valence-corrected chi connectivity index (χ2v) is 9.22. The number of aromatic nitrogens is 1. The van der Waals surface area contributed by atoms with E-state index in [0.717, 1.165) is 28.7 Å². The van der Waals surface area contributed by atoms with Crippen LogP contribution >= 0.6 is 0 Å². The van der Waals surface area contributed by atoms with Gasteiger partial charge in [-0.05, 0) is 57.4 Å². The quantitative estimate of drug-likeness (QED) is 0.697. The number of carboxylic acid groups (broad SMARTS) is 1. The molecular weight excluding hydrogens is 408 g/mol. The summed E-state index contributed by atoms with van der Waals surface area (Å²) >= 11 is 0. The van der Waals surface area contributed by atoms with Crippen LogP contribution in [-0.2, 0) is 17.9 Å². The van der Waals surface area contributed by atoms with E-state index in [0.29, 0.717) is 18.8 Å². The molecule has 0 saturated carbocycles. The van der Waals surface area contributed by atoms with Crippen LogP contribution in [0.1, 0.15) is 68.1 Å². The van der Waals surface area contributed by atoms with Crippen LogP contribution in [0, 0.1) is 11.8 Å². The first-order chi connectivity index (χ1) is 14.9. The van der Waals surface area contributed by atoms with E-state index in [1.165, 1.54) is 12.3 Å². The van der Waals surface area contributed by atoms with Crippen LogP contribution in [0.4, 0.5) is 0 Å². The van der Waals surface area contributed by atoms with Gasteiger partial charge in [0.15, 0.2) is 5.43 Å². The average molecular weight is 439 g/mol. The summed E-state index contributed by atoms with van der Waals surface area (Å²) in [6.45, 7) is 10.3. The molecule has 0 aliphatic carbocycles. The van der Waals surface area contributed by atoms with Crippen molar-refractivity contribution < 1.29 is 19.7 Å². The molecule has 2 N–H and O–H groups in total. The number of hydrogen-bond acceptors (Lipinski definition) is 5. The van der Waals surface area contributed by atoms with Crippen LogP contribution in [-0.4, -0.2) is 39.1 Å². The average Bonchev–Trinajstić information content (AvgIpc) is 2.70. The molecule has 0 fully saturated rings. The van der Waals surface area contributed by atoms with Crippen molar-refractivity contribution in [3.8, 4) is 23.1 Å². The number of aliphatic hydroxyl groups is 1. The SMILES string of the molecule is CCC(C)(C)N1Cc2cc(C#CC(C)(C)O)c(COC)cc2-c2cc(=O)c(C(=O)O)cn21. The number of nitrogens with zero attached hydrogens (tertiary/aromatic N) is 2. The van der Waals surface area contributed by atoms with E-state index in [9.17, 15) is 19.8 Å². The molecule has 7 heteroatoms. The largest absolute Gasteiger partial charge is 0.477 e. The van der Waals surface area contributed by atoms with E-state index in [4.69, 9.17) is 4.74 Å². The minimum Gasteiger partial charge on any atom is -0.477 e. The number of hydrogen-bond donors (Lipinski definition) is 2. The molecule has 1 aromatic carbocycles. The van der Waals surface area contributed by atoms with Gasteiger partial charge in [0.2, 0.25) is 0 Å². The second-order valence-electron chi connectivity index (χ2n) is 9.22. The lowest BCUT2D eigenvalue weighted by molar-refractivity contribution is 0.0694. The van der Waals surface area contributed by atoms with Gasteiger partial charge in [-0.25, -0.2) is 4.79 Å². The number of fused-ring (bicyclic) bond motifs is 3. The van der Waals surface area contributed by atoms with Gasteiger partial charge in [-0.3, -0.25) is 9.47 Å². The summed E-state index contributed by atoms with van der Waals surface area (Å²) < 4.78 is 7.15. The monoisotopic (exact) mass is 438 g/mol. The van der Waals surface area contributed by atoms with Gasteiger partial charge in [-0.15, -0.1) is 0 Å². The fraction of sp³-hybridized carbons (Fsp3) is 0.440. The number of pyridine rings is 1. The second kappa shape index (κ2) is 8.45. The number of methoxy groups -OCH3 is 1.